The molecule has 0 bridgehead atoms. The summed E-state index contributed by atoms with van der Waals surface area (Å²) < 4.78 is 73.7. The summed E-state index contributed by atoms with van der Waals surface area (Å²) in [6, 6.07) is 9.87. The number of aromatic nitrogens is 3. The van der Waals surface area contributed by atoms with E-state index in [1.807, 2.05) is 0 Å². The highest BCUT2D eigenvalue weighted by atomic mass is 19.4. The van der Waals surface area contributed by atoms with Gasteiger partial charge in [-0.3, -0.25) is 9.69 Å². The summed E-state index contributed by atoms with van der Waals surface area (Å²) in [4.78, 5) is 19.7. The second kappa shape index (κ2) is 10.3. The van der Waals surface area contributed by atoms with Gasteiger partial charge in [0.2, 0.25) is 5.92 Å². The van der Waals surface area contributed by atoms with E-state index in [1.165, 1.54) is 17.3 Å². The van der Waals surface area contributed by atoms with E-state index in [1.54, 1.807) is 41.9 Å². The molecule has 1 saturated heterocycles. The maximum atomic E-state index is 14.4. The number of hydrogen-bond acceptors (Lipinski definition) is 5. The number of halogens is 5. The normalized spacial score (nSPS) is 23.6. The molecule has 0 radical (unpaired) electrons. The van der Waals surface area contributed by atoms with Crippen LogP contribution in [0.15, 0.2) is 42.7 Å². The number of fused-ring (bicyclic) bond motifs is 1. The number of amides is 1. The molecule has 1 atom stereocenters. The number of nitrogens with zero attached hydrogens (tertiary/aromatic N) is 6. The van der Waals surface area contributed by atoms with Gasteiger partial charge in [0.1, 0.15) is 12.2 Å². The Morgan fingerprint density at radius 2 is 1.82 bits per heavy atom. The van der Waals surface area contributed by atoms with Crippen LogP contribution in [0.2, 0.25) is 0 Å². The highest BCUT2D eigenvalue weighted by molar-refractivity contribution is 6.10. The Balaban J connectivity index is 1.20. The topological polar surface area (TPSA) is 57.5 Å². The van der Waals surface area contributed by atoms with Crippen molar-refractivity contribution in [2.45, 2.75) is 68.7 Å². The lowest BCUT2D eigenvalue weighted by Crippen LogP contribution is -2.52. The Morgan fingerprint density at radius 3 is 2.48 bits per heavy atom. The molecule has 3 fully saturated rings. The van der Waals surface area contributed by atoms with Crippen LogP contribution in [0.1, 0.15) is 64.1 Å². The van der Waals surface area contributed by atoms with E-state index < -0.39 is 29.0 Å². The molecule has 0 unspecified atom stereocenters. The standard InChI is InChI=1S/C32H35F5N6O/c1-40-8-9-42(27(16-40)21-6-7-21)14-20-10-24-25(26(11-20)32(35,36)37)15-43(29(24)44)23-5-3-4-22(12-23)30(17-31(33,34)18-30)13-28-39-38-19-41(28)2/h3-5,10-12,19,21,27H,6-9,13-18H2,1-2H3/t27-/m1/s1. The Kier molecular flexibility index (Phi) is 6.89. The Labute approximate surface area is 252 Å². The third kappa shape index (κ3) is 5.29. The third-order valence-corrected chi connectivity index (χ3v) is 9.96. The molecule has 0 spiro atoms. The van der Waals surface area contributed by atoms with Crippen LogP contribution in [-0.4, -0.2) is 69.1 Å². The fourth-order valence-electron chi connectivity index (χ4n) is 7.51. The zero-order valence-electron chi connectivity index (χ0n) is 24.7. The summed E-state index contributed by atoms with van der Waals surface area (Å²) in [6.45, 7) is 2.60. The number of carbonyl (C=O) groups excluding carboxylic acids is 1. The highest BCUT2D eigenvalue weighted by Gasteiger charge is 2.57. The largest absolute Gasteiger partial charge is 0.416 e. The van der Waals surface area contributed by atoms with Crippen molar-refractivity contribution in [1.82, 2.24) is 24.6 Å². The molecule has 2 saturated carbocycles. The molecule has 2 aromatic carbocycles. The van der Waals surface area contributed by atoms with Crippen LogP contribution >= 0.6 is 0 Å². The van der Waals surface area contributed by atoms with E-state index in [4.69, 9.17) is 0 Å². The average molecular weight is 615 g/mol. The minimum absolute atomic E-state index is 0.0438. The Morgan fingerprint density at radius 1 is 1.05 bits per heavy atom. The third-order valence-electron chi connectivity index (χ3n) is 9.96. The van der Waals surface area contributed by atoms with Crippen LogP contribution in [0.25, 0.3) is 0 Å². The smallest absolute Gasteiger partial charge is 0.321 e. The molecule has 1 aromatic heterocycles. The summed E-state index contributed by atoms with van der Waals surface area (Å²) in [5.41, 5.74) is -0.231. The molecule has 234 valence electrons. The molecule has 0 N–H and O–H groups in total. The molecule has 4 aliphatic rings. The molecule has 2 aliphatic carbocycles. The first-order valence-electron chi connectivity index (χ1n) is 15.1. The van der Waals surface area contributed by atoms with Gasteiger partial charge in [-0.05, 0) is 66.8 Å². The maximum Gasteiger partial charge on any atom is 0.416 e. The minimum Gasteiger partial charge on any atom is -0.321 e. The van der Waals surface area contributed by atoms with Gasteiger partial charge < -0.3 is 14.4 Å². The van der Waals surface area contributed by atoms with Gasteiger partial charge in [-0.2, -0.15) is 13.2 Å². The monoisotopic (exact) mass is 614 g/mol. The number of rotatable bonds is 7. The average Bonchev–Trinajstić information content (AvgIpc) is 3.65. The van der Waals surface area contributed by atoms with Gasteiger partial charge in [0.25, 0.3) is 5.91 Å². The first-order valence-corrected chi connectivity index (χ1v) is 15.1. The number of hydrogen-bond donors (Lipinski definition) is 0. The van der Waals surface area contributed by atoms with Crippen LogP contribution in [0.4, 0.5) is 27.6 Å². The Bertz CT molecular complexity index is 1590. The first kappa shape index (κ1) is 29.3. The predicted octanol–water partition coefficient (Wildman–Crippen LogP) is 5.43. The fraction of sp³-hybridized carbons (Fsp3) is 0.531. The second-order valence-corrected chi connectivity index (χ2v) is 13.3. The van der Waals surface area contributed by atoms with E-state index in [0.29, 0.717) is 41.1 Å². The van der Waals surface area contributed by atoms with Crippen molar-refractivity contribution in [2.75, 3.05) is 31.6 Å². The van der Waals surface area contributed by atoms with Crippen LogP contribution in [0.3, 0.4) is 0 Å². The minimum atomic E-state index is -4.63. The number of benzene rings is 2. The zero-order valence-corrected chi connectivity index (χ0v) is 24.7. The number of carbonyl (C=O) groups is 1. The van der Waals surface area contributed by atoms with Gasteiger partial charge in [0.05, 0.1) is 12.1 Å². The van der Waals surface area contributed by atoms with E-state index in [9.17, 15) is 26.7 Å². The van der Waals surface area contributed by atoms with Crippen LogP contribution in [-0.2, 0) is 38.1 Å². The van der Waals surface area contributed by atoms with Crippen molar-refractivity contribution in [3.63, 3.8) is 0 Å². The van der Waals surface area contributed by atoms with Gasteiger partial charge in [0, 0.05) is 75.2 Å². The van der Waals surface area contributed by atoms with E-state index in [0.717, 1.165) is 32.5 Å². The number of piperazine rings is 1. The molecule has 1 amide bonds. The number of anilines is 1. The predicted molar refractivity (Wildman–Crippen MR) is 153 cm³/mol. The van der Waals surface area contributed by atoms with E-state index in [-0.39, 0.29) is 36.9 Å². The summed E-state index contributed by atoms with van der Waals surface area (Å²) in [5, 5.41) is 7.96. The molecular weight excluding hydrogens is 579 g/mol. The van der Waals surface area contributed by atoms with Gasteiger partial charge in [0.15, 0.2) is 0 Å². The van der Waals surface area contributed by atoms with Crippen molar-refractivity contribution in [3.05, 3.63) is 76.4 Å². The molecule has 3 aromatic rings. The second-order valence-electron chi connectivity index (χ2n) is 13.3. The summed E-state index contributed by atoms with van der Waals surface area (Å²) in [6.07, 6.45) is -1.40. The van der Waals surface area contributed by atoms with Crippen LogP contribution in [0, 0.1) is 5.92 Å². The highest BCUT2D eigenvalue weighted by Crippen LogP contribution is 2.55. The lowest BCUT2D eigenvalue weighted by molar-refractivity contribution is -0.138. The van der Waals surface area contributed by atoms with Crippen LogP contribution < -0.4 is 4.90 Å². The summed E-state index contributed by atoms with van der Waals surface area (Å²) >= 11 is 0. The van der Waals surface area contributed by atoms with Gasteiger partial charge in [-0.25, -0.2) is 8.78 Å². The van der Waals surface area contributed by atoms with Crippen molar-refractivity contribution in [3.8, 4) is 0 Å². The fourth-order valence-corrected chi connectivity index (χ4v) is 7.51. The molecule has 3 heterocycles. The van der Waals surface area contributed by atoms with Gasteiger partial charge in [-0.15, -0.1) is 10.2 Å². The first-order chi connectivity index (χ1) is 20.8. The number of aryl methyl sites for hydroxylation is 1. The molecule has 7 rings (SSSR count). The van der Waals surface area contributed by atoms with Crippen LogP contribution in [0.5, 0.6) is 0 Å². The zero-order chi connectivity index (χ0) is 31.0. The molecular formula is C32H35F5N6O. The van der Waals surface area contributed by atoms with Crippen molar-refractivity contribution in [1.29, 1.82) is 0 Å². The molecule has 7 nitrogen and oxygen atoms in total. The maximum absolute atomic E-state index is 14.4. The molecule has 2 aliphatic heterocycles. The molecule has 12 heteroatoms. The van der Waals surface area contributed by atoms with Gasteiger partial charge >= 0.3 is 6.18 Å². The quantitative estimate of drug-likeness (QED) is 0.333. The van der Waals surface area contributed by atoms with Crippen molar-refractivity contribution in [2.24, 2.45) is 13.0 Å². The van der Waals surface area contributed by atoms with Crippen molar-refractivity contribution < 1.29 is 26.7 Å². The Hall–Kier alpha value is -3.38. The van der Waals surface area contributed by atoms with Gasteiger partial charge in [-0.1, -0.05) is 12.1 Å². The summed E-state index contributed by atoms with van der Waals surface area (Å²) in [5.74, 6) is -2.23. The number of alkyl halides is 5. The van der Waals surface area contributed by atoms with E-state index in [2.05, 4.69) is 27.0 Å². The SMILES string of the molecule is CN1CCN(Cc2cc3c(c(C(F)(F)F)c2)CN(c2cccc(C4(Cc5nncn5C)CC(F)(F)C4)c2)C3=O)[C@@H](C2CC2)C1. The van der Waals surface area contributed by atoms with Crippen molar-refractivity contribution >= 4 is 11.6 Å². The van der Waals surface area contributed by atoms with E-state index >= 15 is 0 Å². The molecule has 44 heavy (non-hydrogen) atoms. The lowest BCUT2D eigenvalue weighted by Gasteiger charge is -2.48. The summed E-state index contributed by atoms with van der Waals surface area (Å²) in [7, 11) is 3.82. The number of likely N-dealkylation sites (N-methyl/N-ethyl adjacent to an activating group) is 1. The lowest BCUT2D eigenvalue weighted by atomic mass is 9.60.